The van der Waals surface area contributed by atoms with E-state index in [1.807, 2.05) is 6.26 Å². The van der Waals surface area contributed by atoms with E-state index >= 15 is 0 Å². The van der Waals surface area contributed by atoms with Crippen LogP contribution in [0.25, 0.3) is 6.08 Å². The van der Waals surface area contributed by atoms with E-state index in [4.69, 9.17) is 9.15 Å². The van der Waals surface area contributed by atoms with Crippen molar-refractivity contribution in [3.8, 4) is 0 Å². The first-order valence-electron chi connectivity index (χ1n) is 17.0. The summed E-state index contributed by atoms with van der Waals surface area (Å²) >= 11 is 0. The van der Waals surface area contributed by atoms with Gasteiger partial charge in [0.2, 0.25) is 0 Å². The third-order valence-electron chi connectivity index (χ3n) is 11.7. The van der Waals surface area contributed by atoms with E-state index in [2.05, 4.69) is 32.1 Å². The molecule has 2 bridgehead atoms. The molecule has 4 aliphatic carbocycles. The van der Waals surface area contributed by atoms with Crippen molar-refractivity contribution in [2.45, 2.75) is 154 Å². The second kappa shape index (κ2) is 13.2. The highest BCUT2D eigenvalue weighted by molar-refractivity contribution is 5.69. The second-order valence-corrected chi connectivity index (χ2v) is 14.4. The summed E-state index contributed by atoms with van der Waals surface area (Å²) in [5, 5.41) is 11.8. The highest BCUT2D eigenvalue weighted by atomic mass is 16.5. The Morgan fingerprint density at radius 2 is 1.65 bits per heavy atom. The predicted octanol–water partition coefficient (Wildman–Crippen LogP) is 9.75. The third-order valence-corrected chi connectivity index (χ3v) is 11.7. The van der Waals surface area contributed by atoms with E-state index < -0.39 is 5.60 Å². The molecule has 0 aromatic carbocycles. The third kappa shape index (κ3) is 6.27. The molecule has 224 valence electrons. The Morgan fingerprint density at radius 3 is 2.35 bits per heavy atom. The summed E-state index contributed by atoms with van der Waals surface area (Å²) in [6, 6.07) is 2.17. The molecule has 4 heteroatoms. The number of hydrogen-bond acceptors (Lipinski definition) is 4. The lowest BCUT2D eigenvalue weighted by Crippen LogP contribution is -2.49. The highest BCUT2D eigenvalue weighted by Crippen LogP contribution is 2.71. The van der Waals surface area contributed by atoms with Gasteiger partial charge in [-0.3, -0.25) is 4.79 Å². The minimum Gasteiger partial charge on any atom is -0.465 e. The summed E-state index contributed by atoms with van der Waals surface area (Å²) in [5.74, 6) is 2.23. The number of ether oxygens (including phenoxy) is 1. The molecule has 3 saturated carbocycles. The molecule has 4 nitrogen and oxygen atoms in total. The van der Waals surface area contributed by atoms with Crippen LogP contribution in [0, 0.1) is 22.7 Å². The highest BCUT2D eigenvalue weighted by Gasteiger charge is 2.65. The SMILES string of the molecule is CCCCCCCCCCCCCCCC(=O)OC[C@@]1(O)C[C@@]23CC[C@@H]4c5ccoc5C=C[C@@]4(C)[C@@H]2CC[C@H]1C3. The van der Waals surface area contributed by atoms with E-state index in [0.717, 1.165) is 57.1 Å². The fourth-order valence-electron chi connectivity index (χ4n) is 9.60. The lowest BCUT2D eigenvalue weighted by atomic mass is 9.46. The first-order valence-corrected chi connectivity index (χ1v) is 17.0. The van der Waals surface area contributed by atoms with Gasteiger partial charge in [0.1, 0.15) is 18.0 Å². The smallest absolute Gasteiger partial charge is 0.305 e. The summed E-state index contributed by atoms with van der Waals surface area (Å²) in [5.41, 5.74) is 0.784. The number of aliphatic hydroxyl groups is 1. The minimum atomic E-state index is -0.858. The topological polar surface area (TPSA) is 59.7 Å². The lowest BCUT2D eigenvalue weighted by Gasteiger charge is -2.58. The first-order chi connectivity index (χ1) is 19.4. The second-order valence-electron chi connectivity index (χ2n) is 14.4. The van der Waals surface area contributed by atoms with Gasteiger partial charge in [-0.15, -0.1) is 0 Å². The number of furan rings is 1. The lowest BCUT2D eigenvalue weighted by molar-refractivity contribution is -0.154. The quantitative estimate of drug-likeness (QED) is 0.164. The Bertz CT molecular complexity index is 995. The van der Waals surface area contributed by atoms with Crippen molar-refractivity contribution in [1.29, 1.82) is 0 Å². The molecule has 0 unspecified atom stereocenters. The van der Waals surface area contributed by atoms with Gasteiger partial charge in [0.05, 0.1) is 6.26 Å². The molecule has 1 N–H and O–H groups in total. The minimum absolute atomic E-state index is 0.107. The molecule has 40 heavy (non-hydrogen) atoms. The molecule has 1 heterocycles. The van der Waals surface area contributed by atoms with Gasteiger partial charge in [-0.05, 0) is 85.7 Å². The molecule has 6 atom stereocenters. The molecule has 0 aliphatic heterocycles. The number of hydrogen-bond donors (Lipinski definition) is 1. The van der Waals surface area contributed by atoms with Crippen LogP contribution in [0.5, 0.6) is 0 Å². The Morgan fingerprint density at radius 1 is 0.975 bits per heavy atom. The summed E-state index contributed by atoms with van der Waals surface area (Å²) in [7, 11) is 0. The van der Waals surface area contributed by atoms with Crippen molar-refractivity contribution >= 4 is 12.0 Å². The fourth-order valence-corrected chi connectivity index (χ4v) is 9.60. The van der Waals surface area contributed by atoms with Crippen LogP contribution in [-0.4, -0.2) is 23.3 Å². The zero-order valence-electron chi connectivity index (χ0n) is 25.6. The molecule has 0 radical (unpaired) electrons. The van der Waals surface area contributed by atoms with Crippen LogP contribution in [0.15, 0.2) is 22.8 Å². The van der Waals surface area contributed by atoms with Gasteiger partial charge in [-0.2, -0.15) is 0 Å². The fraction of sp³-hybridized carbons (Fsp3) is 0.806. The Kier molecular flexibility index (Phi) is 9.86. The number of carbonyl (C=O) groups is 1. The molecule has 1 aromatic heterocycles. The van der Waals surface area contributed by atoms with Crippen LogP contribution in [0.2, 0.25) is 0 Å². The van der Waals surface area contributed by atoms with Crippen LogP contribution in [-0.2, 0) is 9.53 Å². The van der Waals surface area contributed by atoms with Crippen molar-refractivity contribution < 1.29 is 19.1 Å². The average Bonchev–Trinajstić information content (AvgIpc) is 3.50. The largest absolute Gasteiger partial charge is 0.465 e. The van der Waals surface area contributed by atoms with Gasteiger partial charge in [0, 0.05) is 12.0 Å². The molecule has 0 saturated heterocycles. The molecule has 1 aromatic rings. The number of carbonyl (C=O) groups excluding carboxylic acids is 1. The number of unbranched alkanes of at least 4 members (excludes halogenated alkanes) is 12. The van der Waals surface area contributed by atoms with Crippen molar-refractivity contribution in [2.75, 3.05) is 6.61 Å². The van der Waals surface area contributed by atoms with E-state index in [9.17, 15) is 9.90 Å². The maximum atomic E-state index is 12.6. The summed E-state index contributed by atoms with van der Waals surface area (Å²) < 4.78 is 11.5. The van der Waals surface area contributed by atoms with Crippen LogP contribution in [0.3, 0.4) is 0 Å². The average molecular weight is 553 g/mol. The van der Waals surface area contributed by atoms with Gasteiger partial charge >= 0.3 is 5.97 Å². The van der Waals surface area contributed by atoms with E-state index in [-0.39, 0.29) is 29.3 Å². The number of allylic oxidation sites excluding steroid dienone is 1. The van der Waals surface area contributed by atoms with Crippen molar-refractivity contribution in [2.24, 2.45) is 22.7 Å². The molecular weight excluding hydrogens is 496 g/mol. The molecule has 4 aliphatic rings. The number of rotatable bonds is 16. The van der Waals surface area contributed by atoms with Crippen LogP contribution >= 0.6 is 0 Å². The molecule has 1 spiro atoms. The van der Waals surface area contributed by atoms with Gasteiger partial charge in [-0.1, -0.05) is 97.0 Å². The summed E-state index contributed by atoms with van der Waals surface area (Å²) in [6.07, 6.45) is 30.2. The van der Waals surface area contributed by atoms with Crippen molar-refractivity contribution in [3.05, 3.63) is 29.7 Å². The number of esters is 1. The van der Waals surface area contributed by atoms with Gasteiger partial charge in [0.25, 0.3) is 0 Å². The zero-order chi connectivity index (χ0) is 28.1. The Labute approximate surface area is 243 Å². The zero-order valence-corrected chi connectivity index (χ0v) is 25.6. The normalized spacial score (nSPS) is 33.8. The Balaban J connectivity index is 0.995. The van der Waals surface area contributed by atoms with Gasteiger partial charge in [0.15, 0.2) is 0 Å². The predicted molar refractivity (Wildman–Crippen MR) is 162 cm³/mol. The van der Waals surface area contributed by atoms with Crippen molar-refractivity contribution in [1.82, 2.24) is 0 Å². The van der Waals surface area contributed by atoms with Gasteiger partial charge < -0.3 is 14.3 Å². The molecule has 3 fully saturated rings. The number of fused-ring (bicyclic) bond motifs is 5. The van der Waals surface area contributed by atoms with Gasteiger partial charge in [-0.25, -0.2) is 0 Å². The summed E-state index contributed by atoms with van der Waals surface area (Å²) in [4.78, 5) is 12.6. The summed E-state index contributed by atoms with van der Waals surface area (Å²) in [6.45, 7) is 4.91. The molecular formula is C36H56O4. The van der Waals surface area contributed by atoms with E-state index in [1.165, 1.54) is 76.2 Å². The van der Waals surface area contributed by atoms with Crippen molar-refractivity contribution in [3.63, 3.8) is 0 Å². The van der Waals surface area contributed by atoms with E-state index in [1.54, 1.807) is 0 Å². The standard InChI is InChI=1S/C36H56O4/c1-3-4-5-6-7-8-9-10-11-12-13-14-15-16-33(37)40-27-36(38)26-35-23-19-30-29-21-24-39-31(29)20-22-34(30,2)32(35)18-17-28(36)25-35/h20-22,24,28,30,32,38H,3-19,23,25-27H2,1-2H3/t28-,30+,32-,34+,35-,36-/m0/s1. The van der Waals surface area contributed by atoms with Crippen LogP contribution < -0.4 is 0 Å². The van der Waals surface area contributed by atoms with Crippen LogP contribution in [0.1, 0.15) is 160 Å². The maximum absolute atomic E-state index is 12.6. The molecule has 5 rings (SSSR count). The van der Waals surface area contributed by atoms with E-state index in [0.29, 0.717) is 18.3 Å². The van der Waals surface area contributed by atoms with Crippen LogP contribution in [0.4, 0.5) is 0 Å². The first kappa shape index (κ1) is 29.9. The maximum Gasteiger partial charge on any atom is 0.305 e. The monoisotopic (exact) mass is 552 g/mol. The Hall–Kier alpha value is -1.55. The molecule has 0 amide bonds.